The van der Waals surface area contributed by atoms with E-state index in [1.54, 1.807) is 0 Å². The van der Waals surface area contributed by atoms with Gasteiger partial charge in [-0.05, 0) is 18.2 Å². The van der Waals surface area contributed by atoms with Crippen LogP contribution in [0, 0.1) is 64.0 Å². The third-order valence-electron chi connectivity index (χ3n) is 4.14. The van der Waals surface area contributed by atoms with E-state index in [2.05, 4.69) is 4.65 Å². The van der Waals surface area contributed by atoms with Crippen molar-refractivity contribution in [3.05, 3.63) is 82.2 Å². The molecule has 0 aliphatic rings. The second kappa shape index (κ2) is 8.33. The van der Waals surface area contributed by atoms with Crippen molar-refractivity contribution in [3.8, 4) is 16.9 Å². The fourth-order valence-corrected chi connectivity index (χ4v) is 2.65. The van der Waals surface area contributed by atoms with Gasteiger partial charge in [-0.3, -0.25) is 0 Å². The summed E-state index contributed by atoms with van der Waals surface area (Å²) in [6, 6.07) is 1.26. The van der Waals surface area contributed by atoms with Gasteiger partial charge >= 0.3 is 7.12 Å². The first-order valence-electron chi connectivity index (χ1n) is 8.05. The minimum atomic E-state index is -2.84. The molecule has 0 unspecified atom stereocenters. The smallest absolute Gasteiger partial charge is 0.530 e. The van der Waals surface area contributed by atoms with Gasteiger partial charge < -0.3 is 9.68 Å². The highest BCUT2D eigenvalue weighted by molar-refractivity contribution is 6.60. The van der Waals surface area contributed by atoms with E-state index in [1.165, 1.54) is 0 Å². The number of benzene rings is 3. The number of hydrogen-bond acceptors (Lipinski definition) is 2. The van der Waals surface area contributed by atoms with Crippen molar-refractivity contribution in [2.45, 2.75) is 0 Å². The zero-order valence-corrected chi connectivity index (χ0v) is 14.8. The molecular weight excluding hydrogens is 468 g/mol. The Morgan fingerprint density at radius 1 is 0.562 bits per heavy atom. The summed E-state index contributed by atoms with van der Waals surface area (Å²) in [4.78, 5) is 0. The number of hydrogen-bond donors (Lipinski definition) is 1. The molecule has 14 heteroatoms. The SMILES string of the molecule is OB(Oc1c(F)c(F)c(F)c(F)c1-c1c(F)c(F)c(F)c(F)c1F)c1cc(F)ccc1F. The predicted octanol–water partition coefficient (Wildman–Crippen LogP) is 4.65. The average molecular weight is 472 g/mol. The Morgan fingerprint density at radius 2 is 1.00 bits per heavy atom. The maximum absolute atomic E-state index is 14.4. The van der Waals surface area contributed by atoms with Crippen molar-refractivity contribution >= 4 is 12.6 Å². The summed E-state index contributed by atoms with van der Waals surface area (Å²) < 4.78 is 156. The Balaban J connectivity index is 2.34. The normalized spacial score (nSPS) is 11.1. The molecule has 0 spiro atoms. The Bertz CT molecular complexity index is 1220. The van der Waals surface area contributed by atoms with Gasteiger partial charge in [0.25, 0.3) is 0 Å². The Hall–Kier alpha value is -3.29. The molecule has 0 atom stereocenters. The number of halogens is 11. The quantitative estimate of drug-likeness (QED) is 0.260. The standard InChI is InChI=1S/C18H4BF11O2/c20-4-1-2-6(21)5(3-4)19(31)32-18-8(11(24)14(27)16(29)17(18)30)7-9(22)12(25)15(28)13(26)10(7)23/h1-3,31H. The molecule has 0 amide bonds. The van der Waals surface area contributed by atoms with Crippen LogP contribution in [0.15, 0.2) is 18.2 Å². The van der Waals surface area contributed by atoms with Crippen LogP contribution < -0.4 is 10.1 Å². The molecule has 0 aliphatic heterocycles. The van der Waals surface area contributed by atoms with Crippen LogP contribution in [0.25, 0.3) is 11.1 Å². The Morgan fingerprint density at radius 3 is 1.53 bits per heavy atom. The Kier molecular flexibility index (Phi) is 6.09. The molecule has 3 aromatic carbocycles. The van der Waals surface area contributed by atoms with Gasteiger partial charge in [0.15, 0.2) is 40.7 Å². The zero-order chi connectivity index (χ0) is 24.1. The fraction of sp³-hybridized carbons (Fsp3) is 0. The summed E-state index contributed by atoms with van der Waals surface area (Å²) in [7, 11) is -2.84. The van der Waals surface area contributed by atoms with Gasteiger partial charge in [-0.25, -0.2) is 43.9 Å². The second-order valence-corrected chi connectivity index (χ2v) is 6.04. The molecule has 0 bridgehead atoms. The van der Waals surface area contributed by atoms with Crippen molar-refractivity contribution in [1.82, 2.24) is 0 Å². The van der Waals surface area contributed by atoms with Crippen molar-refractivity contribution in [2.24, 2.45) is 0 Å². The first-order valence-corrected chi connectivity index (χ1v) is 8.05. The highest BCUT2D eigenvalue weighted by atomic mass is 19.2. The molecule has 0 fully saturated rings. The summed E-state index contributed by atoms with van der Waals surface area (Å²) >= 11 is 0. The molecule has 0 saturated carbocycles. The topological polar surface area (TPSA) is 29.5 Å². The summed E-state index contributed by atoms with van der Waals surface area (Å²) in [5.41, 5.74) is -5.57. The lowest BCUT2D eigenvalue weighted by Crippen LogP contribution is -2.39. The Labute approximate surface area is 170 Å². The third kappa shape index (κ3) is 3.63. The monoisotopic (exact) mass is 472 g/mol. The van der Waals surface area contributed by atoms with Crippen LogP contribution in [0.5, 0.6) is 5.75 Å². The van der Waals surface area contributed by atoms with Crippen molar-refractivity contribution < 1.29 is 58.0 Å². The van der Waals surface area contributed by atoms with Gasteiger partial charge in [0.1, 0.15) is 11.6 Å². The van der Waals surface area contributed by atoms with Crippen molar-refractivity contribution in [1.29, 1.82) is 0 Å². The predicted molar refractivity (Wildman–Crippen MR) is 86.1 cm³/mol. The number of rotatable bonds is 4. The summed E-state index contributed by atoms with van der Waals surface area (Å²) in [5.74, 6) is -29.0. The highest BCUT2D eigenvalue weighted by Gasteiger charge is 2.37. The second-order valence-electron chi connectivity index (χ2n) is 6.04. The summed E-state index contributed by atoms with van der Waals surface area (Å²) in [6.07, 6.45) is 0. The largest absolute Gasteiger partial charge is 0.563 e. The molecule has 3 aromatic rings. The molecule has 3 rings (SSSR count). The molecule has 1 N–H and O–H groups in total. The zero-order valence-electron chi connectivity index (χ0n) is 14.8. The van der Waals surface area contributed by atoms with E-state index in [4.69, 9.17) is 0 Å². The van der Waals surface area contributed by atoms with E-state index >= 15 is 0 Å². The van der Waals surface area contributed by atoms with Crippen molar-refractivity contribution in [2.75, 3.05) is 0 Å². The lowest BCUT2D eigenvalue weighted by Gasteiger charge is -2.18. The minimum absolute atomic E-state index is 0.270. The van der Waals surface area contributed by atoms with E-state index in [-0.39, 0.29) is 6.07 Å². The van der Waals surface area contributed by atoms with Crippen LogP contribution in [0.4, 0.5) is 48.3 Å². The van der Waals surface area contributed by atoms with Crippen LogP contribution >= 0.6 is 0 Å². The average Bonchev–Trinajstić information content (AvgIpc) is 2.76. The first kappa shape index (κ1) is 23.4. The van der Waals surface area contributed by atoms with Crippen LogP contribution in [-0.2, 0) is 0 Å². The van der Waals surface area contributed by atoms with Crippen molar-refractivity contribution in [3.63, 3.8) is 0 Å². The maximum atomic E-state index is 14.4. The molecule has 0 saturated heterocycles. The molecule has 168 valence electrons. The molecule has 0 radical (unpaired) electrons. The van der Waals surface area contributed by atoms with Gasteiger partial charge in [0.2, 0.25) is 17.5 Å². The summed E-state index contributed by atoms with van der Waals surface area (Å²) in [6.45, 7) is 0. The minimum Gasteiger partial charge on any atom is -0.530 e. The van der Waals surface area contributed by atoms with Crippen LogP contribution in [0.2, 0.25) is 0 Å². The van der Waals surface area contributed by atoms with Gasteiger partial charge in [0.05, 0.1) is 11.1 Å². The molecule has 0 aliphatic carbocycles. The van der Waals surface area contributed by atoms with E-state index in [0.29, 0.717) is 12.1 Å². The first-order chi connectivity index (χ1) is 14.9. The van der Waals surface area contributed by atoms with Gasteiger partial charge in [-0.15, -0.1) is 0 Å². The van der Waals surface area contributed by atoms with E-state index < -0.39 is 93.4 Å². The lowest BCUT2D eigenvalue weighted by molar-refractivity contribution is 0.364. The molecule has 32 heavy (non-hydrogen) atoms. The van der Waals surface area contributed by atoms with E-state index in [0.717, 1.165) is 0 Å². The van der Waals surface area contributed by atoms with Gasteiger partial charge in [-0.2, -0.15) is 4.39 Å². The van der Waals surface area contributed by atoms with Crippen LogP contribution in [0.3, 0.4) is 0 Å². The van der Waals surface area contributed by atoms with Crippen LogP contribution in [-0.4, -0.2) is 12.1 Å². The van der Waals surface area contributed by atoms with Gasteiger partial charge in [0, 0.05) is 5.46 Å². The molecule has 0 heterocycles. The fourth-order valence-electron chi connectivity index (χ4n) is 2.65. The third-order valence-corrected chi connectivity index (χ3v) is 4.14. The van der Waals surface area contributed by atoms with E-state index in [1.807, 2.05) is 0 Å². The lowest BCUT2D eigenvalue weighted by atomic mass is 9.78. The summed E-state index contributed by atoms with van der Waals surface area (Å²) in [5, 5.41) is 9.89. The molecule has 0 aromatic heterocycles. The highest BCUT2D eigenvalue weighted by Crippen LogP contribution is 2.42. The van der Waals surface area contributed by atoms with Gasteiger partial charge in [-0.1, -0.05) is 0 Å². The van der Waals surface area contributed by atoms with Crippen LogP contribution in [0.1, 0.15) is 0 Å². The maximum Gasteiger partial charge on any atom is 0.563 e. The molecular formula is C18H4BF11O2. The van der Waals surface area contributed by atoms with E-state index in [9.17, 15) is 53.3 Å². The molecule has 2 nitrogen and oxygen atoms in total.